The van der Waals surface area contributed by atoms with Crippen molar-refractivity contribution in [2.24, 2.45) is 10.7 Å². The van der Waals surface area contributed by atoms with Crippen molar-refractivity contribution in [2.45, 2.75) is 44.9 Å². The largest absolute Gasteiger partial charge is 0.497 e. The third-order valence-electron chi connectivity index (χ3n) is 5.52. The second-order valence-electron chi connectivity index (χ2n) is 7.78. The Labute approximate surface area is 182 Å². The highest BCUT2D eigenvalue weighted by atomic mass is 16.5. The maximum absolute atomic E-state index is 6.03. The van der Waals surface area contributed by atoms with Crippen molar-refractivity contribution in [3.05, 3.63) is 59.5 Å². The van der Waals surface area contributed by atoms with Crippen molar-refractivity contribution in [1.82, 2.24) is 10.1 Å². The summed E-state index contributed by atoms with van der Waals surface area (Å²) in [5, 5.41) is 7.27. The summed E-state index contributed by atoms with van der Waals surface area (Å²) >= 11 is 0. The second kappa shape index (κ2) is 10.1. The van der Waals surface area contributed by atoms with Crippen molar-refractivity contribution < 1.29 is 9.26 Å². The van der Waals surface area contributed by atoms with E-state index in [2.05, 4.69) is 38.6 Å². The predicted molar refractivity (Wildman–Crippen MR) is 122 cm³/mol. The zero-order valence-corrected chi connectivity index (χ0v) is 17.9. The number of aromatic nitrogens is 2. The van der Waals surface area contributed by atoms with Crippen LogP contribution >= 0.6 is 0 Å². The fourth-order valence-electron chi connectivity index (χ4n) is 3.82. The minimum atomic E-state index is 0.471. The number of anilines is 1. The molecule has 1 aliphatic carbocycles. The van der Waals surface area contributed by atoms with Gasteiger partial charge in [-0.05, 0) is 79.6 Å². The molecule has 2 aromatic carbocycles. The molecule has 1 heterocycles. The number of fused-ring (bicyclic) bond motifs is 1. The summed E-state index contributed by atoms with van der Waals surface area (Å²) < 4.78 is 10.5. The SMILES string of the molecule is COc1ccc(-c2noc(CCCCCN=C(N)Nc3ccc4c(c3)CCC4)n2)cc1. The molecule has 0 bridgehead atoms. The molecule has 3 N–H and O–H groups in total. The van der Waals surface area contributed by atoms with Crippen LogP contribution in [0.3, 0.4) is 0 Å². The number of benzene rings is 2. The number of hydrogen-bond acceptors (Lipinski definition) is 5. The third kappa shape index (κ3) is 5.63. The van der Waals surface area contributed by atoms with Crippen LogP contribution in [-0.4, -0.2) is 29.8 Å². The molecule has 0 amide bonds. The number of guanidine groups is 1. The number of nitrogens with zero attached hydrogens (tertiary/aromatic N) is 3. The maximum Gasteiger partial charge on any atom is 0.226 e. The summed E-state index contributed by atoms with van der Waals surface area (Å²) in [5.74, 6) is 2.54. The summed E-state index contributed by atoms with van der Waals surface area (Å²) in [5.41, 5.74) is 10.8. The van der Waals surface area contributed by atoms with Gasteiger partial charge in [0, 0.05) is 24.2 Å². The molecule has 0 atom stereocenters. The van der Waals surface area contributed by atoms with Crippen LogP contribution in [0.1, 0.15) is 42.7 Å². The first-order valence-electron chi connectivity index (χ1n) is 10.9. The molecule has 3 aromatic rings. The number of ether oxygens (including phenoxy) is 1. The molecule has 0 fully saturated rings. The predicted octanol–water partition coefficient (Wildman–Crippen LogP) is 4.37. The zero-order chi connectivity index (χ0) is 21.5. The molecule has 7 nitrogen and oxygen atoms in total. The number of unbranched alkanes of at least 4 members (excludes halogenated alkanes) is 2. The summed E-state index contributed by atoms with van der Waals surface area (Å²) in [6.45, 7) is 0.699. The Kier molecular flexibility index (Phi) is 6.82. The van der Waals surface area contributed by atoms with E-state index in [4.69, 9.17) is 15.0 Å². The number of nitrogens with two attached hydrogens (primary N) is 1. The third-order valence-corrected chi connectivity index (χ3v) is 5.52. The lowest BCUT2D eigenvalue weighted by Crippen LogP contribution is -2.22. The number of nitrogens with one attached hydrogen (secondary N) is 1. The lowest BCUT2D eigenvalue weighted by molar-refractivity contribution is 0.374. The Morgan fingerprint density at radius 2 is 1.94 bits per heavy atom. The zero-order valence-electron chi connectivity index (χ0n) is 17.9. The molecule has 31 heavy (non-hydrogen) atoms. The highest BCUT2D eigenvalue weighted by molar-refractivity contribution is 5.92. The number of aryl methyl sites for hydroxylation is 3. The van der Waals surface area contributed by atoms with E-state index in [9.17, 15) is 0 Å². The van der Waals surface area contributed by atoms with Gasteiger partial charge in [0.1, 0.15) is 5.75 Å². The van der Waals surface area contributed by atoms with E-state index >= 15 is 0 Å². The Bertz CT molecular complexity index is 1030. The Balaban J connectivity index is 1.16. The van der Waals surface area contributed by atoms with Crippen molar-refractivity contribution in [1.29, 1.82) is 0 Å². The van der Waals surface area contributed by atoms with Crippen LogP contribution in [0, 0.1) is 0 Å². The monoisotopic (exact) mass is 419 g/mol. The smallest absolute Gasteiger partial charge is 0.226 e. The molecule has 0 radical (unpaired) electrons. The number of methoxy groups -OCH3 is 1. The van der Waals surface area contributed by atoms with Gasteiger partial charge in [-0.1, -0.05) is 17.6 Å². The first-order valence-corrected chi connectivity index (χ1v) is 10.9. The first kappa shape index (κ1) is 20.9. The molecular formula is C24H29N5O2. The van der Waals surface area contributed by atoms with E-state index < -0.39 is 0 Å². The fourth-order valence-corrected chi connectivity index (χ4v) is 3.82. The van der Waals surface area contributed by atoms with Crippen molar-refractivity contribution in [3.63, 3.8) is 0 Å². The molecule has 0 saturated carbocycles. The van der Waals surface area contributed by atoms with Crippen LogP contribution in [0.4, 0.5) is 5.69 Å². The lowest BCUT2D eigenvalue weighted by atomic mass is 10.1. The van der Waals surface area contributed by atoms with Gasteiger partial charge in [0.05, 0.1) is 7.11 Å². The molecule has 0 saturated heterocycles. The van der Waals surface area contributed by atoms with E-state index in [0.717, 1.165) is 49.1 Å². The fraction of sp³-hybridized carbons (Fsp3) is 0.375. The van der Waals surface area contributed by atoms with Crippen molar-refractivity contribution >= 4 is 11.6 Å². The normalized spacial score (nSPS) is 13.3. The van der Waals surface area contributed by atoms with Crippen LogP contribution < -0.4 is 15.8 Å². The summed E-state index contributed by atoms with van der Waals surface area (Å²) in [6.07, 6.45) is 7.30. The van der Waals surface area contributed by atoms with E-state index in [0.29, 0.717) is 24.2 Å². The van der Waals surface area contributed by atoms with E-state index in [1.807, 2.05) is 24.3 Å². The van der Waals surface area contributed by atoms with E-state index in [1.54, 1.807) is 7.11 Å². The molecule has 1 aliphatic rings. The van der Waals surface area contributed by atoms with Gasteiger partial charge in [0.15, 0.2) is 5.96 Å². The Morgan fingerprint density at radius 3 is 2.77 bits per heavy atom. The quantitative estimate of drug-likeness (QED) is 0.303. The van der Waals surface area contributed by atoms with Crippen LogP contribution in [0.2, 0.25) is 0 Å². The minimum absolute atomic E-state index is 0.471. The molecule has 0 aliphatic heterocycles. The molecular weight excluding hydrogens is 390 g/mol. The van der Waals surface area contributed by atoms with Crippen LogP contribution in [0.25, 0.3) is 11.4 Å². The maximum atomic E-state index is 6.03. The summed E-state index contributed by atoms with van der Waals surface area (Å²) in [6, 6.07) is 14.1. The summed E-state index contributed by atoms with van der Waals surface area (Å²) in [7, 11) is 1.64. The average Bonchev–Trinajstić information content (AvgIpc) is 3.45. The minimum Gasteiger partial charge on any atom is -0.497 e. The van der Waals surface area contributed by atoms with E-state index in [1.165, 1.54) is 24.0 Å². The Morgan fingerprint density at radius 1 is 1.10 bits per heavy atom. The molecule has 7 heteroatoms. The highest BCUT2D eigenvalue weighted by Gasteiger charge is 2.11. The van der Waals surface area contributed by atoms with Gasteiger partial charge in [-0.2, -0.15) is 4.98 Å². The highest BCUT2D eigenvalue weighted by Crippen LogP contribution is 2.25. The van der Waals surface area contributed by atoms with Gasteiger partial charge in [-0.25, -0.2) is 0 Å². The Hall–Kier alpha value is -3.35. The van der Waals surface area contributed by atoms with Gasteiger partial charge in [0.2, 0.25) is 11.7 Å². The number of rotatable bonds is 9. The molecule has 162 valence electrons. The average molecular weight is 420 g/mol. The summed E-state index contributed by atoms with van der Waals surface area (Å²) in [4.78, 5) is 8.91. The van der Waals surface area contributed by atoms with Gasteiger partial charge < -0.3 is 20.3 Å². The van der Waals surface area contributed by atoms with E-state index in [-0.39, 0.29) is 0 Å². The van der Waals surface area contributed by atoms with Crippen LogP contribution in [-0.2, 0) is 19.3 Å². The van der Waals surface area contributed by atoms with Crippen molar-refractivity contribution in [3.8, 4) is 17.1 Å². The van der Waals surface area contributed by atoms with Gasteiger partial charge in [-0.3, -0.25) is 4.99 Å². The van der Waals surface area contributed by atoms with Crippen LogP contribution in [0.15, 0.2) is 52.0 Å². The molecule has 0 unspecified atom stereocenters. The number of hydrogen-bond donors (Lipinski definition) is 2. The van der Waals surface area contributed by atoms with Crippen molar-refractivity contribution in [2.75, 3.05) is 19.0 Å². The topological polar surface area (TPSA) is 98.6 Å². The lowest BCUT2D eigenvalue weighted by Gasteiger charge is -2.08. The van der Waals surface area contributed by atoms with Gasteiger partial charge in [-0.15, -0.1) is 0 Å². The first-order chi connectivity index (χ1) is 15.2. The molecule has 4 rings (SSSR count). The molecule has 0 spiro atoms. The van der Waals surface area contributed by atoms with Crippen LogP contribution in [0.5, 0.6) is 5.75 Å². The van der Waals surface area contributed by atoms with Gasteiger partial charge >= 0.3 is 0 Å². The standard InChI is InChI=1S/C24H29N5O2/c1-30-21-13-10-18(11-14-21)23-28-22(31-29-23)8-3-2-4-15-26-24(25)27-20-12-9-17-6-5-7-19(17)16-20/h9-14,16H,2-8,15H2,1H3,(H3,25,26,27). The number of aliphatic imine (C=N–C) groups is 1. The molecule has 1 aromatic heterocycles. The van der Waals surface area contributed by atoms with Gasteiger partial charge in [0.25, 0.3) is 0 Å². The second-order valence-corrected chi connectivity index (χ2v) is 7.78.